The Morgan fingerprint density at radius 2 is 1.67 bits per heavy atom. The van der Waals surface area contributed by atoms with Gasteiger partial charge in [-0.3, -0.25) is 4.79 Å². The lowest BCUT2D eigenvalue weighted by atomic mass is 9.81. The molecule has 1 heterocycles. The first-order chi connectivity index (χ1) is 15.8. The molecule has 2 aromatic rings. The van der Waals surface area contributed by atoms with Crippen molar-refractivity contribution in [2.24, 2.45) is 5.41 Å². The van der Waals surface area contributed by atoms with Crippen LogP contribution in [0.3, 0.4) is 0 Å². The third kappa shape index (κ3) is 5.69. The summed E-state index contributed by atoms with van der Waals surface area (Å²) >= 11 is 0. The predicted molar refractivity (Wildman–Crippen MR) is 127 cm³/mol. The van der Waals surface area contributed by atoms with E-state index in [-0.39, 0.29) is 11.9 Å². The molecular weight excluding hydrogens is 422 g/mol. The van der Waals surface area contributed by atoms with Gasteiger partial charge in [0.05, 0.1) is 32.4 Å². The van der Waals surface area contributed by atoms with E-state index >= 15 is 0 Å². The van der Waals surface area contributed by atoms with E-state index in [1.165, 1.54) is 26.9 Å². The molecule has 2 aromatic carbocycles. The Morgan fingerprint density at radius 3 is 2.24 bits per heavy atom. The third-order valence-electron chi connectivity index (χ3n) is 6.02. The van der Waals surface area contributed by atoms with Crippen LogP contribution in [-0.4, -0.2) is 51.3 Å². The van der Waals surface area contributed by atoms with Gasteiger partial charge in [-0.25, -0.2) is 4.79 Å². The lowest BCUT2D eigenvalue weighted by molar-refractivity contribution is -0.132. The maximum absolute atomic E-state index is 13.0. The highest BCUT2D eigenvalue weighted by molar-refractivity contribution is 5.91. The number of ether oxygens (including phenoxy) is 3. The molecule has 0 saturated carbocycles. The van der Waals surface area contributed by atoms with Crippen molar-refractivity contribution in [2.45, 2.75) is 33.2 Å². The van der Waals surface area contributed by atoms with Gasteiger partial charge >= 0.3 is 6.03 Å². The molecular formula is C25H33N3O5. The van der Waals surface area contributed by atoms with Crippen LogP contribution in [0.1, 0.15) is 30.9 Å². The predicted octanol–water partition coefficient (Wildman–Crippen LogP) is 3.97. The van der Waals surface area contributed by atoms with Gasteiger partial charge in [0, 0.05) is 31.8 Å². The minimum atomic E-state index is -0.657. The van der Waals surface area contributed by atoms with Crippen molar-refractivity contribution in [2.75, 3.05) is 39.7 Å². The van der Waals surface area contributed by atoms with Crippen molar-refractivity contribution in [1.82, 2.24) is 10.2 Å². The van der Waals surface area contributed by atoms with E-state index in [1.807, 2.05) is 38.1 Å². The zero-order valence-corrected chi connectivity index (χ0v) is 20.0. The lowest BCUT2D eigenvalue weighted by Crippen LogP contribution is -2.52. The first kappa shape index (κ1) is 24.2. The summed E-state index contributed by atoms with van der Waals surface area (Å²) in [7, 11) is 4.57. The van der Waals surface area contributed by atoms with Gasteiger partial charge in [-0.05, 0) is 32.3 Å². The SMILES string of the molecule is COc1cc(NC(=O)N2CCC[C@](C)(C(=O)NCc3ccc(C)cc3)C2)cc(OC)c1OC. The molecule has 0 unspecified atom stereocenters. The molecule has 1 atom stereocenters. The lowest BCUT2D eigenvalue weighted by Gasteiger charge is -2.39. The Bertz CT molecular complexity index is 967. The van der Waals surface area contributed by atoms with E-state index in [0.717, 1.165) is 18.4 Å². The smallest absolute Gasteiger partial charge is 0.321 e. The maximum Gasteiger partial charge on any atom is 0.321 e. The highest BCUT2D eigenvalue weighted by Crippen LogP contribution is 2.40. The van der Waals surface area contributed by atoms with Crippen LogP contribution < -0.4 is 24.8 Å². The Morgan fingerprint density at radius 1 is 1.03 bits per heavy atom. The number of aryl methyl sites for hydroxylation is 1. The number of rotatable bonds is 7. The molecule has 8 nitrogen and oxygen atoms in total. The number of piperidine rings is 1. The van der Waals surface area contributed by atoms with E-state index in [9.17, 15) is 9.59 Å². The fraction of sp³-hybridized carbons (Fsp3) is 0.440. The van der Waals surface area contributed by atoms with Crippen LogP contribution in [0.4, 0.5) is 10.5 Å². The van der Waals surface area contributed by atoms with E-state index in [1.54, 1.807) is 17.0 Å². The number of urea groups is 1. The zero-order chi connectivity index (χ0) is 24.0. The van der Waals surface area contributed by atoms with Crippen LogP contribution in [-0.2, 0) is 11.3 Å². The topological polar surface area (TPSA) is 89.1 Å². The van der Waals surface area contributed by atoms with E-state index in [4.69, 9.17) is 14.2 Å². The third-order valence-corrected chi connectivity index (χ3v) is 6.02. The molecule has 8 heteroatoms. The molecule has 0 aliphatic carbocycles. The van der Waals surface area contributed by atoms with Crippen LogP contribution in [0.25, 0.3) is 0 Å². The highest BCUT2D eigenvalue weighted by atomic mass is 16.5. The van der Waals surface area contributed by atoms with Crippen molar-refractivity contribution < 1.29 is 23.8 Å². The van der Waals surface area contributed by atoms with Gasteiger partial charge in [-0.2, -0.15) is 0 Å². The van der Waals surface area contributed by atoms with Gasteiger partial charge in [0.15, 0.2) is 11.5 Å². The van der Waals surface area contributed by atoms with Crippen LogP contribution >= 0.6 is 0 Å². The van der Waals surface area contributed by atoms with Gasteiger partial charge in [0.2, 0.25) is 11.7 Å². The molecule has 0 bridgehead atoms. The van der Waals surface area contributed by atoms with Gasteiger partial charge in [0.1, 0.15) is 0 Å². The van der Waals surface area contributed by atoms with Crippen LogP contribution in [0, 0.1) is 12.3 Å². The molecule has 2 N–H and O–H groups in total. The molecule has 178 valence electrons. The normalized spacial score (nSPS) is 17.8. The number of nitrogens with one attached hydrogen (secondary N) is 2. The highest BCUT2D eigenvalue weighted by Gasteiger charge is 2.39. The molecule has 0 spiro atoms. The standard InChI is InChI=1S/C25H33N3O5/c1-17-7-9-18(10-8-17)15-26-23(29)25(2)11-6-12-28(16-25)24(30)27-19-13-20(31-3)22(33-5)21(14-19)32-4/h7-10,13-14H,6,11-12,15-16H2,1-5H3,(H,26,29)(H,27,30)/t25-/m0/s1. The van der Waals surface area contributed by atoms with Gasteiger partial charge in [0.25, 0.3) is 0 Å². The van der Waals surface area contributed by atoms with Crippen LogP contribution in [0.2, 0.25) is 0 Å². The summed E-state index contributed by atoms with van der Waals surface area (Å²) < 4.78 is 16.0. The number of nitrogens with zero attached hydrogens (tertiary/aromatic N) is 1. The minimum absolute atomic E-state index is 0.0478. The summed E-state index contributed by atoms with van der Waals surface area (Å²) in [4.78, 5) is 27.7. The second-order valence-corrected chi connectivity index (χ2v) is 8.60. The monoisotopic (exact) mass is 455 g/mol. The van der Waals surface area contributed by atoms with E-state index < -0.39 is 5.41 Å². The van der Waals surface area contributed by atoms with Crippen LogP contribution in [0.15, 0.2) is 36.4 Å². The molecule has 1 aliphatic rings. The number of hydrogen-bond donors (Lipinski definition) is 2. The average Bonchev–Trinajstić information content (AvgIpc) is 2.82. The quantitative estimate of drug-likeness (QED) is 0.660. The van der Waals surface area contributed by atoms with Gasteiger partial charge < -0.3 is 29.7 Å². The largest absolute Gasteiger partial charge is 0.493 e. The number of methoxy groups -OCH3 is 3. The first-order valence-electron chi connectivity index (χ1n) is 11.0. The van der Waals surface area contributed by atoms with Crippen molar-refractivity contribution in [1.29, 1.82) is 0 Å². The molecule has 3 amide bonds. The average molecular weight is 456 g/mol. The molecule has 0 aromatic heterocycles. The molecule has 33 heavy (non-hydrogen) atoms. The molecule has 3 rings (SSSR count). The number of anilines is 1. The van der Waals surface area contributed by atoms with Crippen LogP contribution in [0.5, 0.6) is 17.2 Å². The summed E-state index contributed by atoms with van der Waals surface area (Å²) in [5, 5.41) is 5.93. The first-order valence-corrected chi connectivity index (χ1v) is 11.0. The number of carbonyl (C=O) groups is 2. The Labute approximate surface area is 195 Å². The summed E-state index contributed by atoms with van der Waals surface area (Å²) in [5.74, 6) is 1.30. The number of carbonyl (C=O) groups excluding carboxylic acids is 2. The zero-order valence-electron chi connectivity index (χ0n) is 20.0. The van der Waals surface area contributed by atoms with Crippen molar-refractivity contribution >= 4 is 17.6 Å². The van der Waals surface area contributed by atoms with Crippen molar-refractivity contribution in [3.05, 3.63) is 47.5 Å². The Hall–Kier alpha value is -3.42. The molecule has 1 fully saturated rings. The van der Waals surface area contributed by atoms with Gasteiger partial charge in [-0.15, -0.1) is 0 Å². The number of likely N-dealkylation sites (tertiary alicyclic amines) is 1. The summed E-state index contributed by atoms with van der Waals surface area (Å²) in [6.07, 6.45) is 1.47. The Kier molecular flexibility index (Phi) is 7.68. The summed E-state index contributed by atoms with van der Waals surface area (Å²) in [6.45, 7) is 5.33. The van der Waals surface area contributed by atoms with E-state index in [0.29, 0.717) is 42.6 Å². The molecule has 0 radical (unpaired) electrons. The Balaban J connectivity index is 1.66. The fourth-order valence-electron chi connectivity index (χ4n) is 4.06. The number of hydrogen-bond acceptors (Lipinski definition) is 5. The van der Waals surface area contributed by atoms with Gasteiger partial charge in [-0.1, -0.05) is 29.8 Å². The fourth-order valence-corrected chi connectivity index (χ4v) is 4.06. The minimum Gasteiger partial charge on any atom is -0.493 e. The summed E-state index contributed by atoms with van der Waals surface area (Å²) in [5.41, 5.74) is 2.09. The second-order valence-electron chi connectivity index (χ2n) is 8.60. The van der Waals surface area contributed by atoms with E-state index in [2.05, 4.69) is 10.6 Å². The number of amides is 3. The van der Waals surface area contributed by atoms with Crippen molar-refractivity contribution in [3.8, 4) is 17.2 Å². The molecule has 1 saturated heterocycles. The second kappa shape index (κ2) is 10.5. The molecule has 1 aliphatic heterocycles. The van der Waals surface area contributed by atoms with Crippen molar-refractivity contribution in [3.63, 3.8) is 0 Å². The number of benzene rings is 2. The summed E-state index contributed by atoms with van der Waals surface area (Å²) in [6, 6.07) is 11.2. The maximum atomic E-state index is 13.0.